The van der Waals surface area contributed by atoms with E-state index >= 15 is 0 Å². The number of hydrogen-bond donors (Lipinski definition) is 1. The quantitative estimate of drug-likeness (QED) is 0.272. The number of carbonyl (C=O) groups excluding carboxylic acids is 1. The van der Waals surface area contributed by atoms with Gasteiger partial charge in [-0.05, 0) is 41.3 Å². The molecular weight excluding hydrogens is 512 g/mol. The third-order valence-electron chi connectivity index (χ3n) is 5.70. The number of sulfone groups is 1. The van der Waals surface area contributed by atoms with Crippen LogP contribution in [0.4, 0.5) is 11.4 Å². The van der Waals surface area contributed by atoms with E-state index in [2.05, 4.69) is 41.3 Å². The minimum atomic E-state index is -3.77. The number of para-hydroxylation sites is 1. The number of aromatic nitrogens is 2. The van der Waals surface area contributed by atoms with Gasteiger partial charge in [0.2, 0.25) is 15.0 Å². The standard InChI is InChI=1S/C27H27ClN4O4S/c1-18(2)20-12-10-19(11-13-20)16-32(17-21-7-6-14-36-21)24-15-29-27(37(3,34)35)31-25(24)26(33)30-23-9-5-4-8-22(23)28/h4-15,18H,16-17H2,1-3H3,(H,30,33). The smallest absolute Gasteiger partial charge is 0.276 e. The first kappa shape index (κ1) is 26.4. The molecule has 37 heavy (non-hydrogen) atoms. The zero-order valence-electron chi connectivity index (χ0n) is 20.7. The minimum Gasteiger partial charge on any atom is -0.467 e. The Morgan fingerprint density at radius 2 is 1.78 bits per heavy atom. The normalized spacial score (nSPS) is 11.5. The van der Waals surface area contributed by atoms with E-state index in [0.717, 1.165) is 11.8 Å². The molecule has 0 bridgehead atoms. The van der Waals surface area contributed by atoms with Gasteiger partial charge in [-0.3, -0.25) is 4.79 Å². The number of amides is 1. The second-order valence-corrected chi connectivity index (χ2v) is 11.2. The van der Waals surface area contributed by atoms with Crippen LogP contribution in [0, 0.1) is 0 Å². The predicted molar refractivity (Wildman–Crippen MR) is 144 cm³/mol. The monoisotopic (exact) mass is 538 g/mol. The molecule has 2 aromatic heterocycles. The fourth-order valence-electron chi connectivity index (χ4n) is 3.73. The third kappa shape index (κ3) is 6.55. The molecule has 0 aliphatic heterocycles. The second kappa shape index (κ2) is 11.1. The Hall–Kier alpha value is -3.69. The lowest BCUT2D eigenvalue weighted by molar-refractivity contribution is 0.102. The Balaban J connectivity index is 1.77. The minimum absolute atomic E-state index is 0.0966. The van der Waals surface area contributed by atoms with Gasteiger partial charge in [-0.2, -0.15) is 0 Å². The van der Waals surface area contributed by atoms with Crippen molar-refractivity contribution in [3.8, 4) is 0 Å². The summed E-state index contributed by atoms with van der Waals surface area (Å²) >= 11 is 6.23. The van der Waals surface area contributed by atoms with Gasteiger partial charge < -0.3 is 14.6 Å². The lowest BCUT2D eigenvalue weighted by atomic mass is 10.0. The average Bonchev–Trinajstić information content (AvgIpc) is 3.37. The predicted octanol–water partition coefficient (Wildman–Crippen LogP) is 5.71. The van der Waals surface area contributed by atoms with Crippen LogP contribution in [0.5, 0.6) is 0 Å². The summed E-state index contributed by atoms with van der Waals surface area (Å²) in [6.07, 6.45) is 3.92. The number of nitrogens with zero attached hydrogens (tertiary/aromatic N) is 3. The Kier molecular flexibility index (Phi) is 7.94. The Bertz CT molecular complexity index is 1490. The van der Waals surface area contributed by atoms with E-state index in [1.807, 2.05) is 23.1 Å². The molecule has 0 radical (unpaired) electrons. The summed E-state index contributed by atoms with van der Waals surface area (Å²) in [6.45, 7) is 4.95. The largest absolute Gasteiger partial charge is 0.467 e. The van der Waals surface area contributed by atoms with Crippen molar-refractivity contribution in [2.24, 2.45) is 0 Å². The number of hydrogen-bond acceptors (Lipinski definition) is 7. The van der Waals surface area contributed by atoms with Crippen LogP contribution in [-0.2, 0) is 22.9 Å². The van der Waals surface area contributed by atoms with Crippen LogP contribution in [0.25, 0.3) is 0 Å². The van der Waals surface area contributed by atoms with Crippen molar-refractivity contribution in [1.29, 1.82) is 0 Å². The van der Waals surface area contributed by atoms with Gasteiger partial charge in [0.25, 0.3) is 5.91 Å². The number of nitrogens with one attached hydrogen (secondary N) is 1. The van der Waals surface area contributed by atoms with E-state index in [-0.39, 0.29) is 5.69 Å². The van der Waals surface area contributed by atoms with E-state index in [0.29, 0.717) is 41.2 Å². The summed E-state index contributed by atoms with van der Waals surface area (Å²) in [5.41, 5.74) is 2.83. The summed E-state index contributed by atoms with van der Waals surface area (Å²) < 4.78 is 30.0. The third-order valence-corrected chi connectivity index (χ3v) is 6.89. The molecule has 0 aliphatic rings. The van der Waals surface area contributed by atoms with Crippen LogP contribution >= 0.6 is 11.6 Å². The van der Waals surface area contributed by atoms with Crippen LogP contribution in [0.1, 0.15) is 47.1 Å². The topological polar surface area (TPSA) is 105 Å². The molecule has 0 fully saturated rings. The molecule has 0 unspecified atom stereocenters. The first-order valence-electron chi connectivity index (χ1n) is 11.6. The molecule has 4 aromatic rings. The van der Waals surface area contributed by atoms with Crippen LogP contribution < -0.4 is 10.2 Å². The molecule has 1 amide bonds. The lowest BCUT2D eigenvalue weighted by Crippen LogP contribution is -2.27. The fraction of sp³-hybridized carbons (Fsp3) is 0.222. The van der Waals surface area contributed by atoms with Crippen LogP contribution in [0.15, 0.2) is 82.7 Å². The summed E-state index contributed by atoms with van der Waals surface area (Å²) in [4.78, 5) is 23.6. The van der Waals surface area contributed by atoms with Gasteiger partial charge in [0.1, 0.15) is 5.76 Å². The fourth-order valence-corrected chi connectivity index (χ4v) is 4.41. The van der Waals surface area contributed by atoms with E-state index < -0.39 is 20.9 Å². The van der Waals surface area contributed by atoms with E-state index in [4.69, 9.17) is 16.0 Å². The molecule has 0 aliphatic carbocycles. The first-order valence-corrected chi connectivity index (χ1v) is 13.9. The van der Waals surface area contributed by atoms with Gasteiger partial charge in [-0.15, -0.1) is 0 Å². The zero-order valence-corrected chi connectivity index (χ0v) is 22.3. The van der Waals surface area contributed by atoms with Gasteiger partial charge in [0, 0.05) is 12.8 Å². The molecule has 2 aromatic carbocycles. The molecule has 4 rings (SSSR count). The molecule has 0 saturated heterocycles. The number of carbonyl (C=O) groups is 1. The summed E-state index contributed by atoms with van der Waals surface area (Å²) in [5, 5.41) is 2.63. The van der Waals surface area contributed by atoms with Gasteiger partial charge in [-0.25, -0.2) is 18.4 Å². The molecular formula is C27H27ClN4O4S. The van der Waals surface area contributed by atoms with E-state index in [1.165, 1.54) is 11.8 Å². The van der Waals surface area contributed by atoms with E-state index in [9.17, 15) is 13.2 Å². The van der Waals surface area contributed by atoms with Crippen molar-refractivity contribution in [2.75, 3.05) is 16.5 Å². The molecule has 10 heteroatoms. The van der Waals surface area contributed by atoms with Gasteiger partial charge >= 0.3 is 0 Å². The number of anilines is 2. The van der Waals surface area contributed by atoms with Crippen molar-refractivity contribution >= 4 is 38.7 Å². The van der Waals surface area contributed by atoms with Gasteiger partial charge in [-0.1, -0.05) is 61.8 Å². The number of halogens is 1. The van der Waals surface area contributed by atoms with Crippen LogP contribution in [0.3, 0.4) is 0 Å². The number of benzene rings is 2. The molecule has 2 heterocycles. The van der Waals surface area contributed by atoms with Crippen molar-refractivity contribution in [3.63, 3.8) is 0 Å². The highest BCUT2D eigenvalue weighted by Gasteiger charge is 2.24. The van der Waals surface area contributed by atoms with Gasteiger partial charge in [0.05, 0.1) is 35.4 Å². The number of rotatable bonds is 9. The van der Waals surface area contributed by atoms with Crippen molar-refractivity contribution in [2.45, 2.75) is 38.0 Å². The molecule has 1 N–H and O–H groups in total. The summed E-state index contributed by atoms with van der Waals surface area (Å²) in [6, 6.07) is 18.6. The second-order valence-electron chi connectivity index (χ2n) is 8.92. The van der Waals surface area contributed by atoms with E-state index in [1.54, 1.807) is 36.6 Å². The summed E-state index contributed by atoms with van der Waals surface area (Å²) in [7, 11) is -3.77. The SMILES string of the molecule is CC(C)c1ccc(CN(Cc2ccco2)c2cnc(S(C)(=O)=O)nc2C(=O)Nc2ccccc2Cl)cc1. The Labute approximate surface area is 221 Å². The molecule has 0 spiro atoms. The highest BCUT2D eigenvalue weighted by Crippen LogP contribution is 2.27. The molecule has 0 atom stereocenters. The van der Waals surface area contributed by atoms with Crippen molar-refractivity contribution < 1.29 is 17.6 Å². The van der Waals surface area contributed by atoms with Crippen molar-refractivity contribution in [1.82, 2.24) is 9.97 Å². The maximum absolute atomic E-state index is 13.4. The molecule has 8 nitrogen and oxygen atoms in total. The van der Waals surface area contributed by atoms with Crippen LogP contribution in [0.2, 0.25) is 5.02 Å². The first-order chi connectivity index (χ1) is 17.6. The highest BCUT2D eigenvalue weighted by atomic mass is 35.5. The maximum Gasteiger partial charge on any atom is 0.276 e. The Morgan fingerprint density at radius 1 is 1.05 bits per heavy atom. The van der Waals surface area contributed by atoms with Crippen molar-refractivity contribution in [3.05, 3.63) is 101 Å². The molecule has 192 valence electrons. The lowest BCUT2D eigenvalue weighted by Gasteiger charge is -2.26. The summed E-state index contributed by atoms with van der Waals surface area (Å²) in [5.74, 6) is 0.434. The highest BCUT2D eigenvalue weighted by molar-refractivity contribution is 7.90. The Morgan fingerprint density at radius 3 is 2.41 bits per heavy atom. The van der Waals surface area contributed by atoms with Gasteiger partial charge in [0.15, 0.2) is 5.69 Å². The van der Waals surface area contributed by atoms with Crippen LogP contribution in [-0.4, -0.2) is 30.5 Å². The number of furan rings is 1. The average molecular weight is 539 g/mol. The maximum atomic E-state index is 13.4. The zero-order chi connectivity index (χ0) is 26.6. The molecule has 0 saturated carbocycles.